The molecule has 1 aliphatic rings. The number of hydrogen-bond acceptors (Lipinski definition) is 2. The van der Waals surface area contributed by atoms with Crippen LogP contribution in [0.4, 0.5) is 13.2 Å². The van der Waals surface area contributed by atoms with Gasteiger partial charge < -0.3 is 0 Å². The van der Waals surface area contributed by atoms with Crippen molar-refractivity contribution in [3.8, 4) is 0 Å². The number of rotatable bonds is 1. The summed E-state index contributed by atoms with van der Waals surface area (Å²) in [6, 6.07) is -0.597. The zero-order valence-corrected chi connectivity index (χ0v) is 7.03. The summed E-state index contributed by atoms with van der Waals surface area (Å²) < 4.78 is 35.6. The van der Waals surface area contributed by atoms with Gasteiger partial charge in [0.15, 0.2) is 0 Å². The number of alkyl halides is 3. The molecular weight excluding hydrogens is 171 g/mol. The lowest BCUT2D eigenvalue weighted by Crippen LogP contribution is -2.27. The van der Waals surface area contributed by atoms with E-state index in [0.29, 0.717) is 6.42 Å². The summed E-state index contributed by atoms with van der Waals surface area (Å²) in [5.41, 5.74) is 1.91. The molecule has 0 spiro atoms. The summed E-state index contributed by atoms with van der Waals surface area (Å²) in [5, 5.41) is 0. The SMILES string of the molecule is CC1(C)C[C@H](CC(F)(F)F)NO1. The molecule has 2 nitrogen and oxygen atoms in total. The Morgan fingerprint density at radius 1 is 1.50 bits per heavy atom. The minimum absolute atomic E-state index is 0.395. The van der Waals surface area contributed by atoms with Crippen LogP contribution in [0.5, 0.6) is 0 Å². The fourth-order valence-corrected chi connectivity index (χ4v) is 1.31. The van der Waals surface area contributed by atoms with Crippen molar-refractivity contribution >= 4 is 0 Å². The lowest BCUT2D eigenvalue weighted by atomic mass is 9.99. The first-order valence-electron chi connectivity index (χ1n) is 3.79. The predicted molar refractivity (Wildman–Crippen MR) is 37.4 cm³/mol. The van der Waals surface area contributed by atoms with Crippen LogP contribution in [-0.2, 0) is 4.84 Å². The Morgan fingerprint density at radius 3 is 2.42 bits per heavy atom. The maximum Gasteiger partial charge on any atom is 0.390 e. The van der Waals surface area contributed by atoms with Gasteiger partial charge in [-0.25, -0.2) is 0 Å². The Bertz CT molecular complexity index is 167. The quantitative estimate of drug-likeness (QED) is 0.671. The smallest absolute Gasteiger partial charge is 0.295 e. The summed E-state index contributed by atoms with van der Waals surface area (Å²) >= 11 is 0. The number of halogens is 3. The maximum atomic E-state index is 11.9. The summed E-state index contributed by atoms with van der Waals surface area (Å²) in [6.45, 7) is 3.52. The van der Waals surface area contributed by atoms with E-state index >= 15 is 0 Å². The lowest BCUT2D eigenvalue weighted by Gasteiger charge is -2.13. The molecule has 1 heterocycles. The first-order chi connectivity index (χ1) is 5.29. The highest BCUT2D eigenvalue weighted by Crippen LogP contribution is 2.30. The first kappa shape index (κ1) is 9.80. The summed E-state index contributed by atoms with van der Waals surface area (Å²) in [6.07, 6.45) is -4.54. The van der Waals surface area contributed by atoms with Crippen molar-refractivity contribution in [1.29, 1.82) is 0 Å². The van der Waals surface area contributed by atoms with Gasteiger partial charge in [-0.05, 0) is 20.3 Å². The van der Waals surface area contributed by atoms with Crippen LogP contribution >= 0.6 is 0 Å². The van der Waals surface area contributed by atoms with Gasteiger partial charge in [-0.3, -0.25) is 4.84 Å². The summed E-state index contributed by atoms with van der Waals surface area (Å²) in [7, 11) is 0. The highest BCUT2D eigenvalue weighted by Gasteiger charge is 2.39. The maximum absolute atomic E-state index is 11.9. The van der Waals surface area contributed by atoms with Crippen molar-refractivity contribution in [3.63, 3.8) is 0 Å². The van der Waals surface area contributed by atoms with Gasteiger partial charge in [0.2, 0.25) is 0 Å². The second-order valence-corrected chi connectivity index (χ2v) is 3.70. The molecule has 1 rings (SSSR count). The second kappa shape index (κ2) is 2.88. The Balaban J connectivity index is 2.39. The van der Waals surface area contributed by atoms with Gasteiger partial charge in [-0.1, -0.05) is 0 Å². The number of nitrogens with one attached hydrogen (secondary N) is 1. The molecule has 0 unspecified atom stereocenters. The van der Waals surface area contributed by atoms with Gasteiger partial charge in [0, 0.05) is 6.04 Å². The zero-order chi connectivity index (χ0) is 9.41. The predicted octanol–water partition coefficient (Wildman–Crippen LogP) is 2.01. The van der Waals surface area contributed by atoms with Crippen molar-refractivity contribution in [2.45, 2.75) is 44.5 Å². The molecule has 1 N–H and O–H groups in total. The van der Waals surface area contributed by atoms with E-state index in [1.165, 1.54) is 0 Å². The minimum atomic E-state index is -4.11. The van der Waals surface area contributed by atoms with Crippen LogP contribution in [0.1, 0.15) is 26.7 Å². The number of hydrogen-bond donors (Lipinski definition) is 1. The molecule has 0 bridgehead atoms. The van der Waals surface area contributed by atoms with E-state index in [9.17, 15) is 13.2 Å². The van der Waals surface area contributed by atoms with Gasteiger partial charge in [0.25, 0.3) is 0 Å². The van der Waals surface area contributed by atoms with E-state index in [-0.39, 0.29) is 0 Å². The highest BCUT2D eigenvalue weighted by atomic mass is 19.4. The third-order valence-corrected chi connectivity index (χ3v) is 1.72. The van der Waals surface area contributed by atoms with Crippen molar-refractivity contribution in [2.75, 3.05) is 0 Å². The molecule has 0 aromatic carbocycles. The van der Waals surface area contributed by atoms with Gasteiger partial charge in [-0.2, -0.15) is 18.7 Å². The first-order valence-corrected chi connectivity index (χ1v) is 3.79. The van der Waals surface area contributed by atoms with Crippen LogP contribution < -0.4 is 5.48 Å². The van der Waals surface area contributed by atoms with Crippen LogP contribution in [0, 0.1) is 0 Å². The molecule has 1 aliphatic heterocycles. The standard InChI is InChI=1S/C7H12F3NO/c1-6(2)3-5(11-12-6)4-7(8,9)10/h5,11H,3-4H2,1-2H3/t5-/m1/s1. The Hall–Kier alpha value is -0.290. The normalized spacial score (nSPS) is 29.2. The molecule has 1 saturated heterocycles. The second-order valence-electron chi connectivity index (χ2n) is 3.70. The fourth-order valence-electron chi connectivity index (χ4n) is 1.31. The molecule has 12 heavy (non-hydrogen) atoms. The number of hydroxylamine groups is 1. The van der Waals surface area contributed by atoms with E-state index in [1.807, 2.05) is 0 Å². The van der Waals surface area contributed by atoms with E-state index < -0.39 is 24.2 Å². The third kappa shape index (κ3) is 2.98. The summed E-state index contributed by atoms with van der Waals surface area (Å²) in [5.74, 6) is 0. The fraction of sp³-hybridized carbons (Fsp3) is 1.00. The van der Waals surface area contributed by atoms with Crippen LogP contribution in [0.25, 0.3) is 0 Å². The van der Waals surface area contributed by atoms with Gasteiger partial charge >= 0.3 is 6.18 Å². The molecule has 72 valence electrons. The van der Waals surface area contributed by atoms with Crippen LogP contribution in [0.2, 0.25) is 0 Å². The van der Waals surface area contributed by atoms with E-state index in [0.717, 1.165) is 0 Å². The van der Waals surface area contributed by atoms with E-state index in [2.05, 4.69) is 5.48 Å². The Labute approximate surface area is 69.0 Å². The molecule has 1 atom stereocenters. The lowest BCUT2D eigenvalue weighted by molar-refractivity contribution is -0.143. The molecule has 0 amide bonds. The Morgan fingerprint density at radius 2 is 2.08 bits per heavy atom. The average Bonchev–Trinajstić information content (AvgIpc) is 2.05. The molecule has 0 aromatic heterocycles. The van der Waals surface area contributed by atoms with Gasteiger partial charge in [0.05, 0.1) is 12.0 Å². The average molecular weight is 183 g/mol. The van der Waals surface area contributed by atoms with Crippen LogP contribution in [0.3, 0.4) is 0 Å². The molecule has 5 heteroatoms. The zero-order valence-electron chi connectivity index (χ0n) is 7.03. The van der Waals surface area contributed by atoms with Gasteiger partial charge in [-0.15, -0.1) is 0 Å². The van der Waals surface area contributed by atoms with E-state index in [1.54, 1.807) is 13.8 Å². The molecule has 0 aliphatic carbocycles. The van der Waals surface area contributed by atoms with Crippen molar-refractivity contribution in [3.05, 3.63) is 0 Å². The van der Waals surface area contributed by atoms with Crippen molar-refractivity contribution in [1.82, 2.24) is 5.48 Å². The monoisotopic (exact) mass is 183 g/mol. The molecular formula is C7H12F3NO. The Kier molecular flexibility index (Phi) is 2.35. The topological polar surface area (TPSA) is 21.3 Å². The minimum Gasteiger partial charge on any atom is -0.295 e. The largest absolute Gasteiger partial charge is 0.390 e. The third-order valence-electron chi connectivity index (χ3n) is 1.72. The molecule has 1 fully saturated rings. The van der Waals surface area contributed by atoms with Crippen molar-refractivity contribution in [2.24, 2.45) is 0 Å². The van der Waals surface area contributed by atoms with Gasteiger partial charge in [0.1, 0.15) is 0 Å². The van der Waals surface area contributed by atoms with E-state index in [4.69, 9.17) is 4.84 Å². The molecule has 0 aromatic rings. The molecule has 0 radical (unpaired) electrons. The summed E-state index contributed by atoms with van der Waals surface area (Å²) in [4.78, 5) is 4.95. The van der Waals surface area contributed by atoms with Crippen molar-refractivity contribution < 1.29 is 18.0 Å². The van der Waals surface area contributed by atoms with Crippen LogP contribution in [0.15, 0.2) is 0 Å². The molecule has 0 saturated carbocycles. The van der Waals surface area contributed by atoms with Crippen LogP contribution in [-0.4, -0.2) is 17.8 Å². The highest BCUT2D eigenvalue weighted by molar-refractivity contribution is 4.83.